The highest BCUT2D eigenvalue weighted by atomic mass is 16.5. The van der Waals surface area contributed by atoms with Crippen molar-refractivity contribution in [2.75, 3.05) is 20.2 Å². The van der Waals surface area contributed by atoms with Gasteiger partial charge in [0, 0.05) is 43.9 Å². The zero-order valence-electron chi connectivity index (χ0n) is 18.3. The van der Waals surface area contributed by atoms with E-state index < -0.39 is 0 Å². The van der Waals surface area contributed by atoms with E-state index in [4.69, 9.17) is 10.1 Å². The third-order valence-electron chi connectivity index (χ3n) is 6.21. The van der Waals surface area contributed by atoms with Gasteiger partial charge in [0.2, 0.25) is 0 Å². The van der Waals surface area contributed by atoms with Gasteiger partial charge in [0.15, 0.2) is 5.69 Å². The molecular weight excluding hydrogens is 408 g/mol. The summed E-state index contributed by atoms with van der Waals surface area (Å²) in [7, 11) is 1.34. The molecule has 2 aliphatic rings. The van der Waals surface area contributed by atoms with E-state index >= 15 is 0 Å². The third kappa shape index (κ3) is 4.38. The number of esters is 1. The number of benzene rings is 1. The number of carbonyl (C=O) groups is 2. The lowest BCUT2D eigenvalue weighted by Gasteiger charge is -2.27. The number of para-hydroxylation sites is 2. The summed E-state index contributed by atoms with van der Waals surface area (Å²) < 4.78 is 6.69. The van der Waals surface area contributed by atoms with E-state index in [9.17, 15) is 9.59 Å². The summed E-state index contributed by atoms with van der Waals surface area (Å²) in [5.74, 6) is 1.01. The van der Waals surface area contributed by atoms with E-state index in [-0.39, 0.29) is 24.8 Å². The van der Waals surface area contributed by atoms with E-state index in [0.717, 1.165) is 47.6 Å². The molecule has 1 fully saturated rings. The Morgan fingerprint density at radius 1 is 1.28 bits per heavy atom. The van der Waals surface area contributed by atoms with E-state index in [0.29, 0.717) is 24.7 Å². The monoisotopic (exact) mass is 436 g/mol. The minimum Gasteiger partial charge on any atom is -0.469 e. The number of carbonyl (C=O) groups excluding carboxylic acids is 2. The Bertz CT molecular complexity index is 1110. The van der Waals surface area contributed by atoms with Gasteiger partial charge in [-0.1, -0.05) is 12.1 Å². The molecule has 32 heavy (non-hydrogen) atoms. The normalized spacial score (nSPS) is 16.2. The molecule has 0 saturated heterocycles. The first-order valence-corrected chi connectivity index (χ1v) is 11.2. The Balaban J connectivity index is 1.33. The van der Waals surface area contributed by atoms with Gasteiger partial charge in [0.05, 0.1) is 31.1 Å². The summed E-state index contributed by atoms with van der Waals surface area (Å²) >= 11 is 0. The molecule has 0 spiro atoms. The number of aromatic nitrogens is 4. The van der Waals surface area contributed by atoms with Crippen LogP contribution in [0.2, 0.25) is 0 Å². The van der Waals surface area contributed by atoms with Gasteiger partial charge in [0.25, 0.3) is 5.91 Å². The highest BCUT2D eigenvalue weighted by Gasteiger charge is 2.31. The van der Waals surface area contributed by atoms with Crippen molar-refractivity contribution in [1.29, 1.82) is 0 Å². The van der Waals surface area contributed by atoms with E-state index in [1.54, 1.807) is 0 Å². The van der Waals surface area contributed by atoms with E-state index in [1.165, 1.54) is 20.0 Å². The Kier molecular flexibility index (Phi) is 5.65. The molecule has 3 aromatic rings. The van der Waals surface area contributed by atoms with Crippen molar-refractivity contribution in [3.8, 4) is 0 Å². The van der Waals surface area contributed by atoms with Gasteiger partial charge in [-0.25, -0.2) is 4.98 Å². The number of rotatable bonds is 8. The SMILES string of the molecule is COC(=O)CCNC(=O)c1nn(CC2CC2)c2c1CN(Cc1nc3ccccc3[nH]1)CC2. The predicted molar refractivity (Wildman–Crippen MR) is 118 cm³/mol. The minimum atomic E-state index is -0.344. The standard InChI is InChI=1S/C23H28N6O3/c1-32-21(30)8-10-24-23(31)22-16-13-28(11-9-19(16)29(27-22)12-15-6-7-15)14-20-25-17-4-2-3-5-18(17)26-20/h2-5,15H,6-14H2,1H3,(H,24,31)(H,25,26). The first-order chi connectivity index (χ1) is 15.6. The average Bonchev–Trinajstić information content (AvgIpc) is 3.41. The fourth-order valence-electron chi connectivity index (χ4n) is 4.32. The van der Waals surface area contributed by atoms with Crippen molar-refractivity contribution in [2.45, 2.75) is 45.3 Å². The molecule has 0 atom stereocenters. The van der Waals surface area contributed by atoms with Crippen LogP contribution >= 0.6 is 0 Å². The van der Waals surface area contributed by atoms with Crippen LogP contribution in [0.4, 0.5) is 0 Å². The number of ether oxygens (including phenoxy) is 1. The number of hydrogen-bond donors (Lipinski definition) is 2. The maximum absolute atomic E-state index is 12.9. The van der Waals surface area contributed by atoms with Gasteiger partial charge in [-0.3, -0.25) is 19.2 Å². The van der Waals surface area contributed by atoms with Crippen molar-refractivity contribution in [3.05, 3.63) is 47.0 Å². The summed E-state index contributed by atoms with van der Waals surface area (Å²) in [5, 5.41) is 7.53. The largest absolute Gasteiger partial charge is 0.469 e. The number of methoxy groups -OCH3 is 1. The van der Waals surface area contributed by atoms with Crippen LogP contribution in [0.15, 0.2) is 24.3 Å². The number of H-pyrrole nitrogens is 1. The lowest BCUT2D eigenvalue weighted by Crippen LogP contribution is -2.33. The number of nitrogens with one attached hydrogen (secondary N) is 2. The van der Waals surface area contributed by atoms with Gasteiger partial charge >= 0.3 is 5.97 Å². The number of fused-ring (bicyclic) bond motifs is 2. The maximum atomic E-state index is 12.9. The lowest BCUT2D eigenvalue weighted by molar-refractivity contribution is -0.140. The topological polar surface area (TPSA) is 105 Å². The molecule has 1 aromatic carbocycles. The summed E-state index contributed by atoms with van der Waals surface area (Å²) in [6.07, 6.45) is 3.46. The second kappa shape index (κ2) is 8.74. The predicted octanol–water partition coefficient (Wildman–Crippen LogP) is 2.02. The van der Waals surface area contributed by atoms with Gasteiger partial charge in [0.1, 0.15) is 5.82 Å². The van der Waals surface area contributed by atoms with Crippen LogP contribution in [-0.4, -0.2) is 56.7 Å². The number of amides is 1. The zero-order valence-corrected chi connectivity index (χ0v) is 18.3. The molecular formula is C23H28N6O3. The number of nitrogens with zero attached hydrogens (tertiary/aromatic N) is 4. The quantitative estimate of drug-likeness (QED) is 0.524. The smallest absolute Gasteiger partial charge is 0.307 e. The van der Waals surface area contributed by atoms with Gasteiger partial charge in [-0.2, -0.15) is 5.10 Å². The van der Waals surface area contributed by atoms with Crippen molar-refractivity contribution in [3.63, 3.8) is 0 Å². The fourth-order valence-corrected chi connectivity index (χ4v) is 4.32. The summed E-state index contributed by atoms with van der Waals surface area (Å²) in [4.78, 5) is 34.7. The summed E-state index contributed by atoms with van der Waals surface area (Å²) in [5.41, 5.74) is 4.62. The molecule has 5 rings (SSSR count). The van der Waals surface area contributed by atoms with Crippen LogP contribution in [0.5, 0.6) is 0 Å². The third-order valence-corrected chi connectivity index (χ3v) is 6.21. The number of aromatic amines is 1. The van der Waals surface area contributed by atoms with Gasteiger partial charge < -0.3 is 15.0 Å². The second-order valence-corrected chi connectivity index (χ2v) is 8.64. The van der Waals surface area contributed by atoms with E-state index in [2.05, 4.69) is 19.9 Å². The van der Waals surface area contributed by atoms with Crippen LogP contribution in [0.1, 0.15) is 46.8 Å². The molecule has 168 valence electrons. The Labute approximate surface area is 186 Å². The Morgan fingerprint density at radius 3 is 2.91 bits per heavy atom. The molecule has 0 radical (unpaired) electrons. The fraction of sp³-hybridized carbons (Fsp3) is 0.478. The number of hydrogen-bond acceptors (Lipinski definition) is 6. The zero-order chi connectivity index (χ0) is 22.1. The first-order valence-electron chi connectivity index (χ1n) is 11.2. The van der Waals surface area contributed by atoms with Crippen molar-refractivity contribution < 1.29 is 14.3 Å². The Hall–Kier alpha value is -3.20. The summed E-state index contributed by atoms with van der Waals surface area (Å²) in [6, 6.07) is 8.01. The molecule has 1 amide bonds. The van der Waals surface area contributed by atoms with Crippen LogP contribution in [0.3, 0.4) is 0 Å². The van der Waals surface area contributed by atoms with Crippen molar-refractivity contribution in [1.82, 2.24) is 30.0 Å². The van der Waals surface area contributed by atoms with Crippen LogP contribution in [0.25, 0.3) is 11.0 Å². The lowest BCUT2D eigenvalue weighted by atomic mass is 10.0. The molecule has 1 aliphatic carbocycles. The summed E-state index contributed by atoms with van der Waals surface area (Å²) in [6.45, 7) is 3.34. The minimum absolute atomic E-state index is 0.144. The van der Waals surface area contributed by atoms with Crippen molar-refractivity contribution in [2.24, 2.45) is 5.92 Å². The first kappa shape index (κ1) is 20.7. The number of imidazole rings is 1. The molecule has 3 heterocycles. The highest BCUT2D eigenvalue weighted by Crippen LogP contribution is 2.33. The van der Waals surface area contributed by atoms with Gasteiger partial charge in [-0.15, -0.1) is 0 Å². The average molecular weight is 437 g/mol. The molecule has 2 N–H and O–H groups in total. The Morgan fingerprint density at radius 2 is 2.12 bits per heavy atom. The van der Waals surface area contributed by atoms with Crippen molar-refractivity contribution >= 4 is 22.9 Å². The molecule has 0 bridgehead atoms. The molecule has 9 heteroatoms. The van der Waals surface area contributed by atoms with Crippen LogP contribution < -0.4 is 5.32 Å². The molecule has 2 aromatic heterocycles. The van der Waals surface area contributed by atoms with Crippen LogP contribution in [0, 0.1) is 5.92 Å². The molecule has 9 nitrogen and oxygen atoms in total. The van der Waals surface area contributed by atoms with Gasteiger partial charge in [-0.05, 0) is 30.9 Å². The molecule has 1 saturated carbocycles. The maximum Gasteiger partial charge on any atom is 0.307 e. The molecule has 0 unspecified atom stereocenters. The van der Waals surface area contributed by atoms with E-state index in [1.807, 2.05) is 28.9 Å². The molecule has 1 aliphatic heterocycles. The van der Waals surface area contributed by atoms with Crippen LogP contribution in [-0.2, 0) is 35.6 Å². The highest BCUT2D eigenvalue weighted by molar-refractivity contribution is 5.94. The second-order valence-electron chi connectivity index (χ2n) is 8.64.